The van der Waals surface area contributed by atoms with E-state index in [1.807, 2.05) is 18.3 Å². The Balaban J connectivity index is 1.64. The lowest BCUT2D eigenvalue weighted by Crippen LogP contribution is -2.67. The van der Waals surface area contributed by atoms with Crippen molar-refractivity contribution < 1.29 is 14.3 Å². The molecule has 4 heterocycles. The Morgan fingerprint density at radius 3 is 2.40 bits per heavy atom. The Hall–Kier alpha value is -2.69. The maximum atomic E-state index is 10.5. The first-order chi connectivity index (χ1) is 19.8. The Morgan fingerprint density at radius 1 is 1.05 bits per heavy atom. The molecule has 1 aromatic heterocycles. The van der Waals surface area contributed by atoms with Gasteiger partial charge in [-0.3, -0.25) is 4.98 Å². The summed E-state index contributed by atoms with van der Waals surface area (Å²) in [4.78, 5) is 4.65. The number of ether oxygens (including phenoxy) is 1. The first-order valence-corrected chi connectivity index (χ1v) is 16.2. The molecule has 0 saturated carbocycles. The first-order valence-electron chi connectivity index (χ1n) is 16.2. The van der Waals surface area contributed by atoms with Gasteiger partial charge in [-0.25, -0.2) is 0 Å². The van der Waals surface area contributed by atoms with E-state index in [9.17, 15) is 5.11 Å². The molecule has 4 heteroatoms. The van der Waals surface area contributed by atoms with E-state index in [0.717, 1.165) is 66.5 Å². The van der Waals surface area contributed by atoms with Gasteiger partial charge in [-0.1, -0.05) is 67.0 Å². The van der Waals surface area contributed by atoms with Gasteiger partial charge in [-0.05, 0) is 76.3 Å². The molecule has 1 N–H and O–H groups in total. The van der Waals surface area contributed by atoms with Crippen LogP contribution in [0.3, 0.4) is 0 Å². The fourth-order valence-electron chi connectivity index (χ4n) is 7.54. The number of phenols is 1. The van der Waals surface area contributed by atoms with Crippen LogP contribution < -0.4 is 0 Å². The number of fused-ring (bicyclic) bond motifs is 4. The van der Waals surface area contributed by atoms with E-state index < -0.39 is 0 Å². The van der Waals surface area contributed by atoms with Crippen molar-refractivity contribution in [3.8, 4) is 5.75 Å². The lowest BCUT2D eigenvalue weighted by molar-refractivity contribution is -0.985. The largest absolute Gasteiger partial charge is 0.508 e. The second kappa shape index (κ2) is 11.8. The number of benzene rings is 2. The third-order valence-corrected chi connectivity index (χ3v) is 10.1. The van der Waals surface area contributed by atoms with E-state index in [1.54, 1.807) is 6.07 Å². The summed E-state index contributed by atoms with van der Waals surface area (Å²) in [6.07, 6.45) is 8.58. The number of hydrogen-bond donors (Lipinski definition) is 1. The minimum atomic E-state index is -0.0645. The summed E-state index contributed by atoms with van der Waals surface area (Å²) in [6.45, 7) is 24.5. The van der Waals surface area contributed by atoms with Crippen LogP contribution in [0.2, 0.25) is 0 Å². The van der Waals surface area contributed by atoms with E-state index in [4.69, 9.17) is 4.74 Å². The van der Waals surface area contributed by atoms with Crippen molar-refractivity contribution in [2.45, 2.75) is 104 Å². The number of phenolic OH excluding ortho intramolecular Hbond substituents is 1. The highest BCUT2D eigenvalue weighted by molar-refractivity contribution is 5.83. The molecule has 3 aliphatic heterocycles. The normalized spacial score (nSPS) is 25.1. The molecule has 2 aromatic carbocycles. The van der Waals surface area contributed by atoms with E-state index in [0.29, 0.717) is 17.9 Å². The van der Waals surface area contributed by atoms with Crippen molar-refractivity contribution in [3.05, 3.63) is 83.6 Å². The monoisotopic (exact) mass is 569 g/mol. The Labute approximate surface area is 254 Å². The maximum Gasteiger partial charge on any atom is 0.135 e. The molecule has 3 aromatic rings. The highest BCUT2D eigenvalue weighted by Gasteiger charge is 2.54. The Morgan fingerprint density at radius 2 is 1.76 bits per heavy atom. The highest BCUT2D eigenvalue weighted by atomic mass is 16.5. The number of pyridine rings is 1. The number of aromatic nitrogens is 1. The van der Waals surface area contributed by atoms with Crippen molar-refractivity contribution in [2.24, 2.45) is 11.8 Å². The quantitative estimate of drug-likeness (QED) is 0.159. The van der Waals surface area contributed by atoms with Gasteiger partial charge in [0, 0.05) is 42.5 Å². The maximum absolute atomic E-state index is 10.5. The molecule has 3 saturated heterocycles. The minimum Gasteiger partial charge on any atom is -0.508 e. The van der Waals surface area contributed by atoms with Crippen LogP contribution in [0.4, 0.5) is 0 Å². The molecule has 2 bridgehead atoms. The topological polar surface area (TPSA) is 42.4 Å². The van der Waals surface area contributed by atoms with Crippen molar-refractivity contribution in [2.75, 3.05) is 19.7 Å². The second-order valence-corrected chi connectivity index (χ2v) is 15.2. The van der Waals surface area contributed by atoms with Crippen LogP contribution in [0.25, 0.3) is 10.9 Å². The zero-order valence-electron chi connectivity index (χ0n) is 27.1. The SMILES string of the molecule is C=C[C@H]1C[N@+]2(Cc3cc(C(C)(C)C)cc(C(C)(C)C)c3)CC[C@H]1C[C@@H]2[C@@H](OCCCC)c1ccnc2ccc(O)cc12. The number of nitrogens with zero attached hydrogens (tertiary/aromatic N) is 2. The van der Waals surface area contributed by atoms with Gasteiger partial charge in [0.05, 0.1) is 18.6 Å². The van der Waals surface area contributed by atoms with Gasteiger partial charge in [0.1, 0.15) is 24.4 Å². The Kier molecular flexibility index (Phi) is 8.62. The van der Waals surface area contributed by atoms with Gasteiger partial charge >= 0.3 is 0 Å². The zero-order valence-corrected chi connectivity index (χ0v) is 27.1. The number of unbranched alkanes of at least 4 members (excludes halogenated alkanes) is 1. The summed E-state index contributed by atoms with van der Waals surface area (Å²) in [5, 5.41) is 11.5. The van der Waals surface area contributed by atoms with E-state index in [2.05, 4.69) is 90.4 Å². The van der Waals surface area contributed by atoms with Crippen molar-refractivity contribution in [3.63, 3.8) is 0 Å². The third kappa shape index (κ3) is 6.17. The average molecular weight is 570 g/mol. The first kappa shape index (κ1) is 30.8. The number of piperidine rings is 3. The van der Waals surface area contributed by atoms with Gasteiger partial charge in [0.15, 0.2) is 0 Å². The van der Waals surface area contributed by atoms with Crippen LogP contribution >= 0.6 is 0 Å². The van der Waals surface area contributed by atoms with Crippen LogP contribution in [-0.2, 0) is 22.1 Å². The molecule has 3 aliphatic rings. The van der Waals surface area contributed by atoms with Crippen LogP contribution in [0.1, 0.15) is 103 Å². The van der Waals surface area contributed by atoms with Crippen molar-refractivity contribution in [1.82, 2.24) is 4.98 Å². The molecular formula is C38H53N2O2+. The molecule has 42 heavy (non-hydrogen) atoms. The van der Waals surface area contributed by atoms with Crippen LogP contribution in [0.5, 0.6) is 5.75 Å². The summed E-state index contributed by atoms with van der Waals surface area (Å²) >= 11 is 0. The van der Waals surface area contributed by atoms with Crippen LogP contribution in [0.15, 0.2) is 61.3 Å². The lowest BCUT2D eigenvalue weighted by Gasteiger charge is -2.58. The molecule has 0 aliphatic carbocycles. The summed E-state index contributed by atoms with van der Waals surface area (Å²) in [7, 11) is 0. The van der Waals surface area contributed by atoms with Gasteiger partial charge in [-0.2, -0.15) is 0 Å². The molecule has 0 unspecified atom stereocenters. The molecule has 3 fully saturated rings. The molecule has 226 valence electrons. The average Bonchev–Trinajstić information content (AvgIpc) is 2.94. The van der Waals surface area contributed by atoms with Gasteiger partial charge in [-0.15, -0.1) is 6.58 Å². The molecule has 0 spiro atoms. The minimum absolute atomic E-state index is 0.0645. The predicted octanol–water partition coefficient (Wildman–Crippen LogP) is 9.00. The fraction of sp³-hybridized carbons (Fsp3) is 0.553. The van der Waals surface area contributed by atoms with Crippen molar-refractivity contribution in [1.29, 1.82) is 0 Å². The molecular weight excluding hydrogens is 516 g/mol. The molecule has 5 atom stereocenters. The van der Waals surface area contributed by atoms with Crippen LogP contribution in [-0.4, -0.2) is 40.3 Å². The zero-order chi connectivity index (χ0) is 30.3. The van der Waals surface area contributed by atoms with Crippen LogP contribution in [0, 0.1) is 11.8 Å². The summed E-state index contributed by atoms with van der Waals surface area (Å²) in [5.41, 5.74) is 6.50. The fourth-order valence-corrected chi connectivity index (χ4v) is 7.54. The molecule has 6 rings (SSSR count). The number of aromatic hydroxyl groups is 1. The van der Waals surface area contributed by atoms with Gasteiger partial charge in [0.25, 0.3) is 0 Å². The molecule has 0 amide bonds. The smallest absolute Gasteiger partial charge is 0.135 e. The standard InChI is InChI=1S/C38H52N2O2/c1-9-11-18-42-36(32-14-16-39-34-13-12-31(41)23-33(32)34)35-21-28-15-17-40(35,25-27(28)10-2)24-26-19-29(37(3,4)5)22-30(20-26)38(6,7)8/h10,12-14,16,19-20,22-23,27-28,35-36H,2,9,11,15,17-18,21,24-25H2,1,3-8H3/p+1/t27-,28-,35+,36-,40+/m0/s1. The van der Waals surface area contributed by atoms with E-state index in [-0.39, 0.29) is 22.7 Å². The van der Waals surface area contributed by atoms with E-state index in [1.165, 1.54) is 23.1 Å². The second-order valence-electron chi connectivity index (χ2n) is 15.2. The third-order valence-electron chi connectivity index (χ3n) is 10.1. The number of hydrogen-bond acceptors (Lipinski definition) is 3. The lowest BCUT2D eigenvalue weighted by atomic mass is 9.70. The van der Waals surface area contributed by atoms with E-state index >= 15 is 0 Å². The van der Waals surface area contributed by atoms with Gasteiger partial charge < -0.3 is 14.3 Å². The number of rotatable bonds is 9. The molecule has 0 radical (unpaired) electrons. The Bertz CT molecular complexity index is 1380. The molecule has 4 nitrogen and oxygen atoms in total. The summed E-state index contributed by atoms with van der Waals surface area (Å²) in [6, 6.07) is 15.4. The van der Waals surface area contributed by atoms with Crippen molar-refractivity contribution >= 4 is 10.9 Å². The number of quaternary nitrogens is 1. The summed E-state index contributed by atoms with van der Waals surface area (Å²) < 4.78 is 7.96. The predicted molar refractivity (Wildman–Crippen MR) is 175 cm³/mol. The highest BCUT2D eigenvalue weighted by Crippen LogP contribution is 2.49. The summed E-state index contributed by atoms with van der Waals surface area (Å²) in [5.74, 6) is 1.44. The van der Waals surface area contributed by atoms with Gasteiger partial charge in [0.2, 0.25) is 0 Å².